The Morgan fingerprint density at radius 3 is 2.45 bits per heavy atom. The second-order valence-corrected chi connectivity index (χ2v) is 16.4. The number of alkyl carbamates (subject to hydrolysis) is 1. The standard InChI is InChI=1S/C32H48N4O10S/c1-31(2,3)46-30(41)33-24-12-8-16-44-15-7-11-21-18-32(21,29(40)35-47(42,43)23-13-14-23)34-26(37)25-17-22(19-36(25)27(24)38)45-28(39)20-9-5-4-6-10-20/h7,11,20-25H,4-6,8-10,12-19H2,1-3H3,(H,33,41)(H,34,37)(H,35,40). The van der Waals surface area contributed by atoms with E-state index in [1.165, 1.54) is 4.90 Å². The molecule has 15 heteroatoms. The molecule has 5 rings (SSSR count). The van der Waals surface area contributed by atoms with Crippen molar-refractivity contribution in [1.29, 1.82) is 0 Å². The maximum absolute atomic E-state index is 14.1. The number of fused-ring (bicyclic) bond motifs is 2. The predicted octanol–water partition coefficient (Wildman–Crippen LogP) is 1.82. The highest BCUT2D eigenvalue weighted by molar-refractivity contribution is 7.91. The van der Waals surface area contributed by atoms with Gasteiger partial charge in [0.2, 0.25) is 21.8 Å². The summed E-state index contributed by atoms with van der Waals surface area (Å²) in [5.74, 6) is -3.18. The van der Waals surface area contributed by atoms with Crippen LogP contribution < -0.4 is 15.4 Å². The fourth-order valence-corrected chi connectivity index (χ4v) is 7.97. The summed E-state index contributed by atoms with van der Waals surface area (Å²) in [6, 6.07) is -2.22. The normalized spacial score (nSPS) is 30.9. The molecule has 0 bridgehead atoms. The van der Waals surface area contributed by atoms with E-state index in [0.717, 1.165) is 32.1 Å². The molecule has 262 valence electrons. The summed E-state index contributed by atoms with van der Waals surface area (Å²) in [6.07, 6.45) is 7.86. The second-order valence-electron chi connectivity index (χ2n) is 14.4. The molecule has 5 atom stereocenters. The van der Waals surface area contributed by atoms with Gasteiger partial charge in [0, 0.05) is 18.9 Å². The van der Waals surface area contributed by atoms with Crippen LogP contribution in [0.25, 0.3) is 0 Å². The van der Waals surface area contributed by atoms with E-state index in [1.54, 1.807) is 32.9 Å². The van der Waals surface area contributed by atoms with Crippen molar-refractivity contribution in [3.8, 4) is 0 Å². The van der Waals surface area contributed by atoms with Gasteiger partial charge in [-0.1, -0.05) is 31.4 Å². The molecule has 2 aliphatic heterocycles. The molecule has 3 aliphatic carbocycles. The Morgan fingerprint density at radius 1 is 1.04 bits per heavy atom. The molecule has 0 aromatic heterocycles. The third kappa shape index (κ3) is 8.84. The lowest BCUT2D eigenvalue weighted by Crippen LogP contribution is -2.58. The zero-order chi connectivity index (χ0) is 34.0. The number of rotatable bonds is 6. The molecule has 0 aromatic rings. The minimum absolute atomic E-state index is 0.0170. The molecule has 0 radical (unpaired) electrons. The fourth-order valence-electron chi connectivity index (χ4n) is 6.61. The number of esters is 1. The van der Waals surface area contributed by atoms with Crippen molar-refractivity contribution in [3.63, 3.8) is 0 Å². The lowest BCUT2D eigenvalue weighted by Gasteiger charge is -2.30. The molecule has 4 fully saturated rings. The first-order valence-electron chi connectivity index (χ1n) is 16.8. The summed E-state index contributed by atoms with van der Waals surface area (Å²) >= 11 is 0. The first-order chi connectivity index (χ1) is 22.2. The fraction of sp³-hybridized carbons (Fsp3) is 0.781. The molecular formula is C32H48N4O10S. The number of amides is 4. The van der Waals surface area contributed by atoms with Gasteiger partial charge in [-0.05, 0) is 65.7 Å². The van der Waals surface area contributed by atoms with Crippen LogP contribution in [0.4, 0.5) is 4.79 Å². The Morgan fingerprint density at radius 2 is 1.77 bits per heavy atom. The topological polar surface area (TPSA) is 187 Å². The summed E-state index contributed by atoms with van der Waals surface area (Å²) < 4.78 is 44.5. The Labute approximate surface area is 276 Å². The van der Waals surface area contributed by atoms with Gasteiger partial charge in [0.05, 0.1) is 24.3 Å². The molecule has 0 aromatic carbocycles. The Bertz CT molecular complexity index is 1370. The largest absolute Gasteiger partial charge is 0.460 e. The van der Waals surface area contributed by atoms with E-state index in [1.807, 2.05) is 0 Å². The van der Waals surface area contributed by atoms with Crippen molar-refractivity contribution in [1.82, 2.24) is 20.3 Å². The molecular weight excluding hydrogens is 632 g/mol. The maximum atomic E-state index is 14.1. The highest BCUT2D eigenvalue weighted by Gasteiger charge is 2.62. The van der Waals surface area contributed by atoms with Crippen molar-refractivity contribution in [2.45, 2.75) is 126 Å². The first kappa shape index (κ1) is 35.1. The SMILES string of the molecule is CC(C)(C)OC(=O)NC1CCCOCC=CC2CC2(C(=O)NS(=O)(=O)C2CC2)NC(=O)C2CC(OC(=O)C3CCCCC3)CN2C1=O. The summed E-state index contributed by atoms with van der Waals surface area (Å²) in [5.41, 5.74) is -2.37. The Hall–Kier alpha value is -3.20. The van der Waals surface area contributed by atoms with Gasteiger partial charge >= 0.3 is 12.1 Å². The van der Waals surface area contributed by atoms with Gasteiger partial charge in [0.25, 0.3) is 5.91 Å². The third-order valence-electron chi connectivity index (χ3n) is 9.39. The van der Waals surface area contributed by atoms with Crippen LogP contribution in [-0.2, 0) is 43.4 Å². The van der Waals surface area contributed by atoms with E-state index in [9.17, 15) is 32.4 Å². The third-order valence-corrected chi connectivity index (χ3v) is 11.2. The molecule has 1 saturated heterocycles. The molecule has 5 aliphatic rings. The van der Waals surface area contributed by atoms with E-state index in [2.05, 4.69) is 15.4 Å². The van der Waals surface area contributed by atoms with Crippen LogP contribution in [0.15, 0.2) is 12.2 Å². The van der Waals surface area contributed by atoms with Crippen LogP contribution in [0.3, 0.4) is 0 Å². The highest BCUT2D eigenvalue weighted by Crippen LogP contribution is 2.46. The number of nitrogens with zero attached hydrogens (tertiary/aromatic N) is 1. The molecule has 0 spiro atoms. The molecule has 5 unspecified atom stereocenters. The van der Waals surface area contributed by atoms with Gasteiger partial charge in [-0.2, -0.15) is 0 Å². The van der Waals surface area contributed by atoms with E-state index >= 15 is 0 Å². The lowest BCUT2D eigenvalue weighted by molar-refractivity contribution is -0.155. The molecule has 14 nitrogen and oxygen atoms in total. The van der Waals surface area contributed by atoms with Crippen molar-refractivity contribution in [2.75, 3.05) is 19.8 Å². The average Bonchev–Trinajstić information content (AvgIpc) is 3.92. The zero-order valence-corrected chi connectivity index (χ0v) is 28.3. The van der Waals surface area contributed by atoms with Crippen LogP contribution in [-0.4, -0.2) is 97.4 Å². The van der Waals surface area contributed by atoms with Crippen LogP contribution in [0, 0.1) is 11.8 Å². The van der Waals surface area contributed by atoms with Crippen molar-refractivity contribution in [2.24, 2.45) is 11.8 Å². The second kappa shape index (κ2) is 14.1. The number of ether oxygens (including phenoxy) is 3. The summed E-state index contributed by atoms with van der Waals surface area (Å²) in [6.45, 7) is 5.48. The minimum atomic E-state index is -3.90. The Balaban J connectivity index is 1.40. The molecule has 4 amide bonds. The number of carbonyl (C=O) groups excluding carboxylic acids is 5. The quantitative estimate of drug-likeness (QED) is 0.276. The van der Waals surface area contributed by atoms with E-state index in [4.69, 9.17) is 14.2 Å². The van der Waals surface area contributed by atoms with Crippen LogP contribution in [0.2, 0.25) is 0 Å². The maximum Gasteiger partial charge on any atom is 0.408 e. The highest BCUT2D eigenvalue weighted by atomic mass is 32.2. The minimum Gasteiger partial charge on any atom is -0.460 e. The molecule has 3 N–H and O–H groups in total. The van der Waals surface area contributed by atoms with Gasteiger partial charge in [-0.3, -0.25) is 23.9 Å². The average molecular weight is 681 g/mol. The predicted molar refractivity (Wildman–Crippen MR) is 168 cm³/mol. The van der Waals surface area contributed by atoms with E-state index in [-0.39, 0.29) is 50.9 Å². The lowest BCUT2D eigenvalue weighted by atomic mass is 9.89. The molecule has 47 heavy (non-hydrogen) atoms. The zero-order valence-electron chi connectivity index (χ0n) is 27.5. The van der Waals surface area contributed by atoms with Crippen LogP contribution >= 0.6 is 0 Å². The van der Waals surface area contributed by atoms with Gasteiger partial charge in [-0.25, -0.2) is 13.2 Å². The first-order valence-corrected chi connectivity index (χ1v) is 18.4. The summed E-state index contributed by atoms with van der Waals surface area (Å²) in [4.78, 5) is 68.8. The van der Waals surface area contributed by atoms with E-state index in [0.29, 0.717) is 19.3 Å². The monoisotopic (exact) mass is 680 g/mol. The van der Waals surface area contributed by atoms with Crippen molar-refractivity contribution in [3.05, 3.63) is 12.2 Å². The number of hydrogen-bond donors (Lipinski definition) is 3. The van der Waals surface area contributed by atoms with Crippen LogP contribution in [0.1, 0.15) is 91.4 Å². The molecule has 2 heterocycles. The van der Waals surface area contributed by atoms with E-state index < -0.39 is 74.3 Å². The van der Waals surface area contributed by atoms with Crippen molar-refractivity contribution < 1.29 is 46.6 Å². The van der Waals surface area contributed by atoms with Crippen molar-refractivity contribution >= 4 is 39.8 Å². The number of carbonyl (C=O) groups is 5. The number of hydrogen-bond acceptors (Lipinski definition) is 10. The van der Waals surface area contributed by atoms with Gasteiger partial charge in [0.15, 0.2) is 0 Å². The summed E-state index contributed by atoms with van der Waals surface area (Å²) in [5, 5.41) is 4.79. The van der Waals surface area contributed by atoms with Gasteiger partial charge in [-0.15, -0.1) is 0 Å². The van der Waals surface area contributed by atoms with Gasteiger partial charge in [0.1, 0.15) is 29.3 Å². The van der Waals surface area contributed by atoms with Crippen LogP contribution in [0.5, 0.6) is 0 Å². The number of nitrogens with one attached hydrogen (secondary N) is 3. The molecule has 3 saturated carbocycles. The number of sulfonamides is 1. The Kier molecular flexibility index (Phi) is 10.5. The summed E-state index contributed by atoms with van der Waals surface area (Å²) in [7, 11) is -3.90. The smallest absolute Gasteiger partial charge is 0.408 e. The van der Waals surface area contributed by atoms with Gasteiger partial charge < -0.3 is 29.7 Å².